The minimum absolute atomic E-state index is 0.204. The standard InChI is InChI=1S/C22H19ClN2O4/c23-16-7-5-15(6-8-16)13-29-20-4-2-1-3-19(20)22(27)25-17-9-11-18(12-10-17)28-14-21(24)26/h1-12H,13-14H2,(H2,24,26)(H,25,27). The molecule has 3 rings (SSSR count). The Labute approximate surface area is 173 Å². The molecular formula is C22H19ClN2O4. The number of carbonyl (C=O) groups is 2. The van der Waals surface area contributed by atoms with Gasteiger partial charge in [-0.3, -0.25) is 9.59 Å². The number of ether oxygens (including phenoxy) is 2. The molecule has 0 fully saturated rings. The predicted octanol–water partition coefficient (Wildman–Crippen LogP) is 4.04. The maximum absolute atomic E-state index is 12.7. The molecule has 0 atom stereocenters. The molecule has 0 unspecified atom stereocenters. The van der Waals surface area contributed by atoms with Gasteiger partial charge < -0.3 is 20.5 Å². The second-order valence-electron chi connectivity index (χ2n) is 6.14. The number of primary amides is 1. The molecule has 2 amide bonds. The quantitative estimate of drug-likeness (QED) is 0.586. The van der Waals surface area contributed by atoms with Gasteiger partial charge in [0.05, 0.1) is 5.56 Å². The number of halogens is 1. The molecule has 0 aromatic heterocycles. The Bertz CT molecular complexity index is 988. The van der Waals surface area contributed by atoms with E-state index in [2.05, 4.69) is 5.32 Å². The highest BCUT2D eigenvalue weighted by molar-refractivity contribution is 6.30. The number of benzene rings is 3. The zero-order chi connectivity index (χ0) is 20.6. The number of amides is 2. The maximum atomic E-state index is 12.7. The zero-order valence-corrected chi connectivity index (χ0v) is 16.2. The van der Waals surface area contributed by atoms with Crippen molar-refractivity contribution in [3.8, 4) is 11.5 Å². The molecule has 3 N–H and O–H groups in total. The number of hydrogen-bond donors (Lipinski definition) is 2. The lowest BCUT2D eigenvalue weighted by Gasteiger charge is -2.12. The van der Waals surface area contributed by atoms with Gasteiger partial charge in [0, 0.05) is 10.7 Å². The number of hydrogen-bond acceptors (Lipinski definition) is 4. The van der Waals surface area contributed by atoms with Crippen molar-refractivity contribution in [3.63, 3.8) is 0 Å². The number of nitrogens with two attached hydrogens (primary N) is 1. The van der Waals surface area contributed by atoms with Gasteiger partial charge in [-0.2, -0.15) is 0 Å². The lowest BCUT2D eigenvalue weighted by molar-refractivity contribution is -0.119. The molecule has 148 valence electrons. The number of carbonyl (C=O) groups excluding carboxylic acids is 2. The van der Waals surface area contributed by atoms with Crippen LogP contribution in [0.15, 0.2) is 72.8 Å². The molecule has 29 heavy (non-hydrogen) atoms. The Hall–Kier alpha value is -3.51. The highest BCUT2D eigenvalue weighted by Gasteiger charge is 2.13. The van der Waals surface area contributed by atoms with Crippen LogP contribution in [0, 0.1) is 0 Å². The van der Waals surface area contributed by atoms with Crippen molar-refractivity contribution in [2.24, 2.45) is 5.73 Å². The first-order valence-corrected chi connectivity index (χ1v) is 9.18. The lowest BCUT2D eigenvalue weighted by Crippen LogP contribution is -2.20. The van der Waals surface area contributed by atoms with Crippen molar-refractivity contribution in [3.05, 3.63) is 88.9 Å². The first-order valence-electron chi connectivity index (χ1n) is 8.80. The fourth-order valence-electron chi connectivity index (χ4n) is 2.51. The normalized spacial score (nSPS) is 10.2. The Balaban J connectivity index is 1.64. The third-order valence-electron chi connectivity index (χ3n) is 3.93. The van der Waals surface area contributed by atoms with Gasteiger partial charge in [0.15, 0.2) is 6.61 Å². The van der Waals surface area contributed by atoms with Crippen LogP contribution in [0.5, 0.6) is 11.5 Å². The smallest absolute Gasteiger partial charge is 0.259 e. The van der Waals surface area contributed by atoms with E-state index in [1.165, 1.54) is 0 Å². The molecule has 0 radical (unpaired) electrons. The summed E-state index contributed by atoms with van der Waals surface area (Å²) in [5, 5.41) is 3.47. The summed E-state index contributed by atoms with van der Waals surface area (Å²) in [5.41, 5.74) is 6.98. The molecule has 3 aromatic rings. The van der Waals surface area contributed by atoms with Gasteiger partial charge in [0.1, 0.15) is 18.1 Å². The molecule has 7 heteroatoms. The average Bonchev–Trinajstić information content (AvgIpc) is 2.73. The molecule has 0 bridgehead atoms. The van der Waals surface area contributed by atoms with E-state index < -0.39 is 5.91 Å². The van der Waals surface area contributed by atoms with Gasteiger partial charge in [-0.15, -0.1) is 0 Å². The SMILES string of the molecule is NC(=O)COc1ccc(NC(=O)c2ccccc2OCc2ccc(Cl)cc2)cc1. The topological polar surface area (TPSA) is 90.7 Å². The first kappa shape index (κ1) is 20.2. The van der Waals surface area contributed by atoms with Crippen molar-refractivity contribution in [2.75, 3.05) is 11.9 Å². The van der Waals surface area contributed by atoms with Gasteiger partial charge in [-0.05, 0) is 54.1 Å². The number of rotatable bonds is 8. The molecule has 3 aromatic carbocycles. The monoisotopic (exact) mass is 410 g/mol. The minimum atomic E-state index is -0.558. The minimum Gasteiger partial charge on any atom is -0.488 e. The molecular weight excluding hydrogens is 392 g/mol. The van der Waals surface area contributed by atoms with Gasteiger partial charge >= 0.3 is 0 Å². The van der Waals surface area contributed by atoms with Crippen LogP contribution in [-0.2, 0) is 11.4 Å². The summed E-state index contributed by atoms with van der Waals surface area (Å²) < 4.78 is 11.0. The van der Waals surface area contributed by atoms with E-state index in [1.807, 2.05) is 12.1 Å². The molecule has 0 aliphatic rings. The first-order chi connectivity index (χ1) is 14.0. The van der Waals surface area contributed by atoms with Crippen LogP contribution in [0.1, 0.15) is 15.9 Å². The van der Waals surface area contributed by atoms with Crippen molar-refractivity contribution in [1.82, 2.24) is 0 Å². The predicted molar refractivity (Wildman–Crippen MR) is 111 cm³/mol. The van der Waals surface area contributed by atoms with Gasteiger partial charge in [-0.1, -0.05) is 35.9 Å². The van der Waals surface area contributed by atoms with E-state index >= 15 is 0 Å². The summed E-state index contributed by atoms with van der Waals surface area (Å²) in [4.78, 5) is 23.4. The Kier molecular flexibility index (Phi) is 6.71. The van der Waals surface area contributed by atoms with Crippen LogP contribution in [0.3, 0.4) is 0 Å². The summed E-state index contributed by atoms with van der Waals surface area (Å²) in [6.07, 6.45) is 0. The van der Waals surface area contributed by atoms with Crippen molar-refractivity contribution in [2.45, 2.75) is 6.61 Å². The number of anilines is 1. The third kappa shape index (κ3) is 5.99. The zero-order valence-electron chi connectivity index (χ0n) is 15.4. The second kappa shape index (κ2) is 9.61. The van der Waals surface area contributed by atoms with Crippen LogP contribution in [0.2, 0.25) is 5.02 Å². The Morgan fingerprint density at radius 3 is 2.28 bits per heavy atom. The lowest BCUT2D eigenvalue weighted by atomic mass is 10.1. The molecule has 0 saturated heterocycles. The molecule has 0 aliphatic carbocycles. The maximum Gasteiger partial charge on any atom is 0.259 e. The molecule has 0 heterocycles. The largest absolute Gasteiger partial charge is 0.488 e. The summed E-state index contributed by atoms with van der Waals surface area (Å²) in [6, 6.07) is 20.9. The van der Waals surface area contributed by atoms with Crippen molar-refractivity contribution >= 4 is 29.1 Å². The van der Waals surface area contributed by atoms with Crippen LogP contribution < -0.4 is 20.5 Å². The van der Waals surface area contributed by atoms with Gasteiger partial charge in [0.2, 0.25) is 0 Å². The van der Waals surface area contributed by atoms with E-state index in [1.54, 1.807) is 60.7 Å². The molecule has 0 spiro atoms. The van der Waals surface area contributed by atoms with Gasteiger partial charge in [0.25, 0.3) is 11.8 Å². The fourth-order valence-corrected chi connectivity index (χ4v) is 2.64. The summed E-state index contributed by atoms with van der Waals surface area (Å²) in [5.74, 6) is 0.0926. The summed E-state index contributed by atoms with van der Waals surface area (Å²) in [7, 11) is 0. The van der Waals surface area contributed by atoms with Crippen LogP contribution in [-0.4, -0.2) is 18.4 Å². The highest BCUT2D eigenvalue weighted by atomic mass is 35.5. The third-order valence-corrected chi connectivity index (χ3v) is 4.18. The Morgan fingerprint density at radius 2 is 1.59 bits per heavy atom. The van der Waals surface area contributed by atoms with E-state index in [0.717, 1.165) is 5.56 Å². The number of nitrogens with one attached hydrogen (secondary N) is 1. The van der Waals surface area contributed by atoms with Crippen LogP contribution in [0.4, 0.5) is 5.69 Å². The van der Waals surface area contributed by atoms with Crippen molar-refractivity contribution in [1.29, 1.82) is 0 Å². The number of para-hydroxylation sites is 1. The average molecular weight is 411 g/mol. The van der Waals surface area contributed by atoms with E-state index in [9.17, 15) is 9.59 Å². The molecule has 0 saturated carbocycles. The van der Waals surface area contributed by atoms with E-state index in [-0.39, 0.29) is 12.5 Å². The van der Waals surface area contributed by atoms with Crippen LogP contribution >= 0.6 is 11.6 Å². The summed E-state index contributed by atoms with van der Waals surface area (Å²) in [6.45, 7) is 0.109. The molecule has 6 nitrogen and oxygen atoms in total. The van der Waals surface area contributed by atoms with E-state index in [4.69, 9.17) is 26.8 Å². The summed E-state index contributed by atoms with van der Waals surface area (Å²) >= 11 is 5.89. The van der Waals surface area contributed by atoms with Crippen molar-refractivity contribution < 1.29 is 19.1 Å². The fraction of sp³-hybridized carbons (Fsp3) is 0.0909. The van der Waals surface area contributed by atoms with Gasteiger partial charge in [-0.25, -0.2) is 0 Å². The Morgan fingerprint density at radius 1 is 0.897 bits per heavy atom. The highest BCUT2D eigenvalue weighted by Crippen LogP contribution is 2.22. The van der Waals surface area contributed by atoms with E-state index in [0.29, 0.717) is 34.4 Å². The van der Waals surface area contributed by atoms with Crippen LogP contribution in [0.25, 0.3) is 0 Å². The molecule has 0 aliphatic heterocycles. The second-order valence-corrected chi connectivity index (χ2v) is 6.58.